The first kappa shape index (κ1) is 20.3. The smallest absolute Gasteiger partial charge is 0.307 e. The zero-order valence-corrected chi connectivity index (χ0v) is 16.1. The average Bonchev–Trinajstić information content (AvgIpc) is 3.02. The van der Waals surface area contributed by atoms with Gasteiger partial charge < -0.3 is 9.64 Å². The van der Waals surface area contributed by atoms with Gasteiger partial charge in [0.05, 0.1) is 6.42 Å². The third-order valence-corrected chi connectivity index (χ3v) is 5.53. The molecule has 1 unspecified atom stereocenters. The number of ether oxygens (including phenoxy) is 1. The molecule has 0 bridgehead atoms. The molecule has 0 saturated carbocycles. The van der Waals surface area contributed by atoms with E-state index in [9.17, 15) is 18.4 Å². The molecule has 148 valence electrons. The molecular weight excluding hydrogens is 384 g/mol. The number of carbonyl (C=O) groups excluding carboxylic acids is 2. The highest BCUT2D eigenvalue weighted by Gasteiger charge is 2.32. The second-order valence-electron chi connectivity index (χ2n) is 6.55. The Kier molecular flexibility index (Phi) is 7.03. The monoisotopic (exact) mass is 405 g/mol. The van der Waals surface area contributed by atoms with Gasteiger partial charge in [-0.25, -0.2) is 8.78 Å². The van der Waals surface area contributed by atoms with Crippen LogP contribution >= 0.6 is 11.8 Å². The van der Waals surface area contributed by atoms with Crippen molar-refractivity contribution in [3.05, 3.63) is 65.7 Å². The average molecular weight is 405 g/mol. The van der Waals surface area contributed by atoms with Gasteiger partial charge in [-0.1, -0.05) is 24.3 Å². The predicted molar refractivity (Wildman–Crippen MR) is 103 cm³/mol. The van der Waals surface area contributed by atoms with Crippen LogP contribution in [0.25, 0.3) is 0 Å². The first-order valence-electron chi connectivity index (χ1n) is 9.10. The van der Waals surface area contributed by atoms with E-state index in [-0.39, 0.29) is 30.9 Å². The largest absolute Gasteiger partial charge is 0.465 e. The van der Waals surface area contributed by atoms with Crippen molar-refractivity contribution in [2.75, 3.05) is 12.4 Å². The van der Waals surface area contributed by atoms with E-state index < -0.39 is 11.6 Å². The highest BCUT2D eigenvalue weighted by molar-refractivity contribution is 7.99. The molecule has 4 nitrogen and oxygen atoms in total. The van der Waals surface area contributed by atoms with Gasteiger partial charge in [0.2, 0.25) is 5.91 Å². The molecule has 7 heteroatoms. The minimum absolute atomic E-state index is 0.0952. The Morgan fingerprint density at radius 2 is 1.93 bits per heavy atom. The summed E-state index contributed by atoms with van der Waals surface area (Å²) in [6.07, 6.45) is 0.993. The van der Waals surface area contributed by atoms with Crippen molar-refractivity contribution in [3.8, 4) is 0 Å². The van der Waals surface area contributed by atoms with Crippen LogP contribution in [0.1, 0.15) is 24.8 Å². The number of hydrogen-bond acceptors (Lipinski definition) is 4. The van der Waals surface area contributed by atoms with Gasteiger partial charge in [-0.3, -0.25) is 9.59 Å². The van der Waals surface area contributed by atoms with Crippen molar-refractivity contribution in [3.63, 3.8) is 0 Å². The second-order valence-corrected chi connectivity index (χ2v) is 7.72. The Balaban J connectivity index is 1.47. The van der Waals surface area contributed by atoms with Gasteiger partial charge in [0.15, 0.2) is 11.6 Å². The minimum Gasteiger partial charge on any atom is -0.465 e. The van der Waals surface area contributed by atoms with Crippen molar-refractivity contribution < 1.29 is 23.1 Å². The molecule has 1 amide bonds. The van der Waals surface area contributed by atoms with E-state index in [4.69, 9.17) is 4.74 Å². The maximum atomic E-state index is 13.4. The topological polar surface area (TPSA) is 46.6 Å². The van der Waals surface area contributed by atoms with Crippen LogP contribution in [0.5, 0.6) is 0 Å². The molecule has 1 aliphatic rings. The van der Waals surface area contributed by atoms with Gasteiger partial charge in [0.1, 0.15) is 6.61 Å². The highest BCUT2D eigenvalue weighted by Crippen LogP contribution is 2.25. The lowest BCUT2D eigenvalue weighted by atomic mass is 10.1. The van der Waals surface area contributed by atoms with Crippen LogP contribution in [0.3, 0.4) is 0 Å². The molecule has 1 saturated heterocycles. The Bertz CT molecular complexity index is 832. The van der Waals surface area contributed by atoms with Crippen LogP contribution in [0.2, 0.25) is 0 Å². The Labute approximate surface area is 166 Å². The molecule has 0 radical (unpaired) electrons. The molecule has 0 N–H and O–H groups in total. The SMILES string of the molecule is O=C(CC1CCC(=O)N1Cc1ccc(F)c(F)c1)OCCSc1ccccc1. The van der Waals surface area contributed by atoms with Crippen LogP contribution in [0.4, 0.5) is 8.78 Å². The van der Waals surface area contributed by atoms with Gasteiger partial charge in [0.25, 0.3) is 0 Å². The molecule has 0 aliphatic carbocycles. The van der Waals surface area contributed by atoms with Gasteiger partial charge in [-0.05, 0) is 36.2 Å². The summed E-state index contributed by atoms with van der Waals surface area (Å²) < 4.78 is 31.8. The lowest BCUT2D eigenvalue weighted by molar-refractivity contribution is -0.144. The summed E-state index contributed by atoms with van der Waals surface area (Å²) in [6, 6.07) is 13.1. The highest BCUT2D eigenvalue weighted by atomic mass is 32.2. The van der Waals surface area contributed by atoms with E-state index >= 15 is 0 Å². The zero-order chi connectivity index (χ0) is 19.9. The predicted octanol–water partition coefficient (Wildman–Crippen LogP) is 4.18. The molecule has 2 aromatic carbocycles. The van der Waals surface area contributed by atoms with E-state index in [1.165, 1.54) is 6.07 Å². The van der Waals surface area contributed by atoms with E-state index in [0.717, 1.165) is 17.0 Å². The fraction of sp³-hybridized carbons (Fsp3) is 0.333. The van der Waals surface area contributed by atoms with E-state index in [2.05, 4.69) is 0 Å². The lowest BCUT2D eigenvalue weighted by Crippen LogP contribution is -2.34. The van der Waals surface area contributed by atoms with E-state index in [1.807, 2.05) is 30.3 Å². The fourth-order valence-electron chi connectivity index (χ4n) is 3.14. The number of hydrogen-bond donors (Lipinski definition) is 0. The van der Waals surface area contributed by atoms with Gasteiger partial charge >= 0.3 is 5.97 Å². The maximum absolute atomic E-state index is 13.4. The van der Waals surface area contributed by atoms with Crippen molar-refractivity contribution in [1.29, 1.82) is 0 Å². The number of benzene rings is 2. The summed E-state index contributed by atoms with van der Waals surface area (Å²) >= 11 is 1.60. The Morgan fingerprint density at radius 1 is 1.14 bits per heavy atom. The van der Waals surface area contributed by atoms with Gasteiger partial charge in [0, 0.05) is 29.7 Å². The standard InChI is InChI=1S/C21H21F2NO3S/c22-18-8-6-15(12-19(18)23)14-24-16(7-9-20(24)25)13-21(26)27-10-11-28-17-4-2-1-3-5-17/h1-6,8,12,16H,7,9-11,13-14H2. The molecule has 1 fully saturated rings. The normalized spacial score (nSPS) is 16.4. The van der Waals surface area contributed by atoms with Crippen molar-refractivity contribution in [2.24, 2.45) is 0 Å². The van der Waals surface area contributed by atoms with Crippen LogP contribution < -0.4 is 0 Å². The number of halogens is 2. The number of rotatable bonds is 8. The summed E-state index contributed by atoms with van der Waals surface area (Å²) in [5.74, 6) is -1.68. The molecule has 0 aromatic heterocycles. The third kappa shape index (κ3) is 5.55. The Morgan fingerprint density at radius 3 is 2.68 bits per heavy atom. The van der Waals surface area contributed by atoms with Gasteiger partial charge in [-0.2, -0.15) is 0 Å². The molecule has 2 aromatic rings. The molecule has 0 spiro atoms. The summed E-state index contributed by atoms with van der Waals surface area (Å²) in [7, 11) is 0. The maximum Gasteiger partial charge on any atom is 0.307 e. The molecular formula is C21H21F2NO3S. The van der Waals surface area contributed by atoms with Crippen LogP contribution in [0.15, 0.2) is 53.4 Å². The zero-order valence-electron chi connectivity index (χ0n) is 15.3. The van der Waals surface area contributed by atoms with Crippen molar-refractivity contribution in [2.45, 2.75) is 36.7 Å². The summed E-state index contributed by atoms with van der Waals surface area (Å²) in [5, 5.41) is 0. The first-order chi connectivity index (χ1) is 13.5. The quantitative estimate of drug-likeness (QED) is 0.376. The molecule has 1 aliphatic heterocycles. The number of likely N-dealkylation sites (tertiary alicyclic amines) is 1. The number of esters is 1. The number of amides is 1. The lowest BCUT2D eigenvalue weighted by Gasteiger charge is -2.24. The van der Waals surface area contributed by atoms with Crippen molar-refractivity contribution >= 4 is 23.6 Å². The minimum atomic E-state index is -0.948. The van der Waals surface area contributed by atoms with Gasteiger partial charge in [-0.15, -0.1) is 11.8 Å². The van der Waals surface area contributed by atoms with E-state index in [0.29, 0.717) is 30.8 Å². The Hall–Kier alpha value is -2.41. The molecule has 1 atom stereocenters. The van der Waals surface area contributed by atoms with Crippen molar-refractivity contribution in [1.82, 2.24) is 4.90 Å². The number of carbonyl (C=O) groups is 2. The first-order valence-corrected chi connectivity index (χ1v) is 10.1. The third-order valence-electron chi connectivity index (χ3n) is 4.55. The number of thioether (sulfide) groups is 1. The van der Waals surface area contributed by atoms with Crippen LogP contribution in [0, 0.1) is 11.6 Å². The summed E-state index contributed by atoms with van der Waals surface area (Å²) in [4.78, 5) is 26.9. The van der Waals surface area contributed by atoms with Crippen LogP contribution in [-0.2, 0) is 20.9 Å². The summed E-state index contributed by atoms with van der Waals surface area (Å²) in [5.41, 5.74) is 0.492. The molecule has 1 heterocycles. The summed E-state index contributed by atoms with van der Waals surface area (Å²) in [6.45, 7) is 0.445. The van der Waals surface area contributed by atoms with E-state index in [1.54, 1.807) is 16.7 Å². The fourth-order valence-corrected chi connectivity index (χ4v) is 3.89. The number of nitrogens with zero attached hydrogens (tertiary/aromatic N) is 1. The van der Waals surface area contributed by atoms with Crippen LogP contribution in [-0.4, -0.2) is 35.2 Å². The molecule has 28 heavy (non-hydrogen) atoms. The molecule has 3 rings (SSSR count). The second kappa shape index (κ2) is 9.68.